The van der Waals surface area contributed by atoms with E-state index in [1.54, 1.807) is 0 Å². The molecule has 164 valence electrons. The molecule has 1 aromatic heterocycles. The van der Waals surface area contributed by atoms with Gasteiger partial charge in [-0.2, -0.15) is 0 Å². The van der Waals surface area contributed by atoms with Gasteiger partial charge in [-0.1, -0.05) is 0 Å². The largest absolute Gasteiger partial charge is 0.673 e. The Bertz CT molecular complexity index is 653. The van der Waals surface area contributed by atoms with E-state index in [0.29, 0.717) is 21.6 Å². The molecule has 1 unspecified atom stereocenters. The number of nitrogens with zero attached hydrogens (tertiary/aromatic N) is 2. The number of ether oxygens (including phenoxy) is 2. The first kappa shape index (κ1) is 25.7. The van der Waals surface area contributed by atoms with Crippen molar-refractivity contribution in [3.8, 4) is 0 Å². The summed E-state index contributed by atoms with van der Waals surface area (Å²) < 4.78 is 56.5. The van der Waals surface area contributed by atoms with Crippen LogP contribution in [0.5, 0.6) is 0 Å². The number of unbranched alkanes of at least 4 members (excludes halogenated alkanes) is 1. The number of aryl methyl sites for hydroxylation is 1. The van der Waals surface area contributed by atoms with Crippen LogP contribution in [0.2, 0.25) is 5.32 Å². The Balaban J connectivity index is 0.000000749. The van der Waals surface area contributed by atoms with Crippen LogP contribution >= 0.6 is 0 Å². The smallest absolute Gasteiger partial charge is 0.418 e. The van der Waals surface area contributed by atoms with E-state index in [9.17, 15) is 17.3 Å². The summed E-state index contributed by atoms with van der Waals surface area (Å²) in [6.45, 7) is 5.33. The first-order valence-corrected chi connectivity index (χ1v) is 11.6. The molecule has 1 atom stereocenters. The van der Waals surface area contributed by atoms with Crippen LogP contribution in [-0.4, -0.2) is 52.7 Å². The molecule has 2 aromatic rings. The van der Waals surface area contributed by atoms with Gasteiger partial charge in [0, 0.05) is 0 Å². The van der Waals surface area contributed by atoms with E-state index in [4.69, 9.17) is 9.47 Å². The molecule has 0 spiro atoms. The van der Waals surface area contributed by atoms with Crippen LogP contribution in [0, 0.1) is 0 Å². The third-order valence-corrected chi connectivity index (χ3v) is 6.05. The molecule has 0 bridgehead atoms. The van der Waals surface area contributed by atoms with Crippen molar-refractivity contribution in [1.82, 2.24) is 4.57 Å². The maximum absolute atomic E-state index is 9.75. The van der Waals surface area contributed by atoms with E-state index in [1.807, 2.05) is 17.8 Å². The summed E-state index contributed by atoms with van der Waals surface area (Å²) in [7, 11) is -3.97. The minimum atomic E-state index is -6.00. The van der Waals surface area contributed by atoms with E-state index in [-0.39, 0.29) is 6.10 Å². The van der Waals surface area contributed by atoms with Gasteiger partial charge in [0.15, 0.2) is 0 Å². The Morgan fingerprint density at radius 3 is 2.41 bits per heavy atom. The van der Waals surface area contributed by atoms with Crippen LogP contribution < -0.4 is 9.03 Å². The molecule has 0 fully saturated rings. The fraction of sp³-hybridized carbons (Fsp3) is 0.526. The summed E-state index contributed by atoms with van der Waals surface area (Å²) in [5.41, 5.74) is 0. The summed E-state index contributed by atoms with van der Waals surface area (Å²) in [4.78, 5) is 0. The van der Waals surface area contributed by atoms with Gasteiger partial charge in [-0.05, 0) is 0 Å². The van der Waals surface area contributed by atoms with Gasteiger partial charge >= 0.3 is 159 Å². The normalized spacial score (nSPS) is 12.3. The fourth-order valence-electron chi connectivity index (χ4n) is 2.27. The second-order valence-electron chi connectivity index (χ2n) is 6.36. The average Bonchev–Trinajstić information content (AvgIpc) is 3.07. The number of halogens is 4. The first-order chi connectivity index (χ1) is 13.8. The maximum atomic E-state index is 9.75. The molecule has 0 amide bonds. The second-order valence-corrected chi connectivity index (χ2v) is 8.65. The topological polar surface area (TPSA) is 27.3 Å². The minimum Gasteiger partial charge on any atom is -0.418 e. The van der Waals surface area contributed by atoms with E-state index < -0.39 is 7.25 Å². The van der Waals surface area contributed by atoms with Crippen LogP contribution in [0.25, 0.3) is 0 Å². The molecule has 0 aliphatic heterocycles. The SMILES string of the molecule is CCCCOCC(C[Se]c1ccccc1)OCCn1cc[n+](C)c1.F[B-](F)(F)F. The second kappa shape index (κ2) is 14.6. The molecule has 29 heavy (non-hydrogen) atoms. The van der Waals surface area contributed by atoms with E-state index in [1.165, 1.54) is 10.9 Å². The zero-order valence-electron chi connectivity index (χ0n) is 16.9. The average molecular weight is 483 g/mol. The molecule has 10 heteroatoms. The van der Waals surface area contributed by atoms with Gasteiger partial charge in [-0.25, -0.2) is 0 Å². The monoisotopic (exact) mass is 484 g/mol. The molecule has 0 saturated carbocycles. The van der Waals surface area contributed by atoms with Crippen molar-refractivity contribution < 1.29 is 31.3 Å². The molecule has 0 aliphatic carbocycles. The standard InChI is InChI=1S/C19H29N2O2Se.BF4/c1-3-4-13-22-15-18(16-24-19-8-6-5-7-9-19)23-14-12-21-11-10-20(2)17-21;2-1(3,4)5/h5-11,17-18H,3-4,12-16H2,1-2H3;/q+1;-1. The maximum Gasteiger partial charge on any atom is 0.673 e. The van der Waals surface area contributed by atoms with Gasteiger partial charge in [-0.3, -0.25) is 0 Å². The number of benzene rings is 1. The Labute approximate surface area is 176 Å². The Morgan fingerprint density at radius 1 is 1.14 bits per heavy atom. The van der Waals surface area contributed by atoms with Crippen LogP contribution in [0.15, 0.2) is 49.1 Å². The van der Waals surface area contributed by atoms with Crippen molar-refractivity contribution in [2.24, 2.45) is 7.05 Å². The van der Waals surface area contributed by atoms with E-state index >= 15 is 0 Å². The quantitative estimate of drug-likeness (QED) is 0.201. The number of hydrogen-bond donors (Lipinski definition) is 0. The summed E-state index contributed by atoms with van der Waals surface area (Å²) in [6.07, 6.45) is 8.67. The molecular formula is C19H29BF4N2O2Se. The third kappa shape index (κ3) is 15.2. The van der Waals surface area contributed by atoms with Gasteiger partial charge in [-0.15, -0.1) is 0 Å². The molecule has 4 nitrogen and oxygen atoms in total. The molecule has 0 radical (unpaired) electrons. The molecule has 0 aliphatic rings. The van der Waals surface area contributed by atoms with Crippen molar-refractivity contribution in [2.45, 2.75) is 37.7 Å². The Morgan fingerprint density at radius 2 is 1.83 bits per heavy atom. The van der Waals surface area contributed by atoms with Crippen LogP contribution in [-0.2, 0) is 23.1 Å². The summed E-state index contributed by atoms with van der Waals surface area (Å²) in [5.74, 6) is 0. The predicted molar refractivity (Wildman–Crippen MR) is 108 cm³/mol. The predicted octanol–water partition coefficient (Wildman–Crippen LogP) is 3.26. The third-order valence-electron chi connectivity index (χ3n) is 3.65. The molecule has 0 saturated heterocycles. The zero-order chi connectivity index (χ0) is 21.5. The Kier molecular flexibility index (Phi) is 12.9. The summed E-state index contributed by atoms with van der Waals surface area (Å²) in [5, 5.41) is 1.06. The molecule has 1 aromatic carbocycles. The van der Waals surface area contributed by atoms with Gasteiger partial charge in [0.25, 0.3) is 0 Å². The molecule has 1 heterocycles. The van der Waals surface area contributed by atoms with Crippen molar-refractivity contribution >= 4 is 26.7 Å². The fourth-order valence-corrected chi connectivity index (χ4v) is 4.20. The molecule has 0 N–H and O–H groups in total. The summed E-state index contributed by atoms with van der Waals surface area (Å²) >= 11 is 0.430. The van der Waals surface area contributed by atoms with Crippen molar-refractivity contribution in [2.75, 3.05) is 19.8 Å². The number of imidazole rings is 1. The van der Waals surface area contributed by atoms with Gasteiger partial charge in [0.1, 0.15) is 0 Å². The van der Waals surface area contributed by atoms with Crippen molar-refractivity contribution in [3.05, 3.63) is 49.1 Å². The van der Waals surface area contributed by atoms with Gasteiger partial charge in [0.2, 0.25) is 0 Å². The van der Waals surface area contributed by atoms with Crippen LogP contribution in [0.1, 0.15) is 19.8 Å². The zero-order valence-corrected chi connectivity index (χ0v) is 18.6. The van der Waals surface area contributed by atoms with Crippen LogP contribution in [0.3, 0.4) is 0 Å². The number of hydrogen-bond acceptors (Lipinski definition) is 2. The van der Waals surface area contributed by atoms with E-state index in [0.717, 1.165) is 31.5 Å². The summed E-state index contributed by atoms with van der Waals surface area (Å²) in [6, 6.07) is 10.7. The van der Waals surface area contributed by atoms with Crippen LogP contribution in [0.4, 0.5) is 17.3 Å². The van der Waals surface area contributed by atoms with Gasteiger partial charge < -0.3 is 17.3 Å². The first-order valence-electron chi connectivity index (χ1n) is 9.53. The molecular weight excluding hydrogens is 454 g/mol. The van der Waals surface area contributed by atoms with Gasteiger partial charge in [0.05, 0.1) is 0 Å². The molecule has 2 rings (SSSR count). The number of aromatic nitrogens is 2. The Hall–Kier alpha value is -1.35. The minimum absolute atomic E-state index is 0.186. The van der Waals surface area contributed by atoms with Crippen molar-refractivity contribution in [3.63, 3.8) is 0 Å². The van der Waals surface area contributed by atoms with Crippen molar-refractivity contribution in [1.29, 1.82) is 0 Å². The number of rotatable bonds is 12. The van der Waals surface area contributed by atoms with E-state index in [2.05, 4.69) is 54.3 Å².